The van der Waals surface area contributed by atoms with Gasteiger partial charge in [-0.2, -0.15) is 11.8 Å². The van der Waals surface area contributed by atoms with E-state index in [1.54, 1.807) is 0 Å². The van der Waals surface area contributed by atoms with Crippen molar-refractivity contribution in [1.82, 2.24) is 5.32 Å². The molecule has 0 saturated carbocycles. The van der Waals surface area contributed by atoms with Gasteiger partial charge in [-0.3, -0.25) is 14.9 Å². The Bertz CT molecular complexity index is 297. The van der Waals surface area contributed by atoms with E-state index >= 15 is 0 Å². The van der Waals surface area contributed by atoms with Crippen molar-refractivity contribution >= 4 is 23.6 Å². The third-order valence-electron chi connectivity index (χ3n) is 3.76. The second kappa shape index (κ2) is 4.78. The van der Waals surface area contributed by atoms with Crippen molar-refractivity contribution in [3.8, 4) is 0 Å². The molecule has 2 aliphatic heterocycles. The van der Waals surface area contributed by atoms with Gasteiger partial charge in [-0.05, 0) is 30.4 Å². The lowest BCUT2D eigenvalue weighted by Crippen LogP contribution is -2.54. The molecule has 2 amide bonds. The van der Waals surface area contributed by atoms with E-state index in [9.17, 15) is 9.59 Å². The van der Waals surface area contributed by atoms with Crippen LogP contribution < -0.4 is 5.32 Å². The summed E-state index contributed by atoms with van der Waals surface area (Å²) in [4.78, 5) is 23.5. The van der Waals surface area contributed by atoms with Gasteiger partial charge in [0.2, 0.25) is 11.8 Å². The molecule has 2 saturated heterocycles. The Hall–Kier alpha value is -0.510. The molecule has 0 bridgehead atoms. The molecule has 2 fully saturated rings. The minimum Gasteiger partial charge on any atom is -0.296 e. The van der Waals surface area contributed by atoms with Crippen molar-refractivity contribution in [2.24, 2.45) is 11.3 Å². The van der Waals surface area contributed by atoms with Crippen LogP contribution in [-0.2, 0) is 9.59 Å². The molecule has 2 atom stereocenters. The van der Waals surface area contributed by atoms with Crippen LogP contribution in [0.4, 0.5) is 0 Å². The standard InChI is InChI=1S/C12H19NO2S/c1-2-4-9-11(15)13-10(14)7-12(9)5-3-6-16-8-12/h9H,2-8H2,1H3,(H,13,14,15). The van der Waals surface area contributed by atoms with Gasteiger partial charge in [0.05, 0.1) is 0 Å². The molecule has 0 aromatic heterocycles. The second-order valence-corrected chi connectivity index (χ2v) is 6.05. The van der Waals surface area contributed by atoms with Crippen molar-refractivity contribution in [3.05, 3.63) is 0 Å². The lowest BCUT2D eigenvalue weighted by atomic mass is 9.67. The summed E-state index contributed by atoms with van der Waals surface area (Å²) >= 11 is 1.90. The molecule has 2 rings (SSSR count). The van der Waals surface area contributed by atoms with E-state index in [0.717, 1.165) is 31.4 Å². The van der Waals surface area contributed by atoms with E-state index in [0.29, 0.717) is 6.42 Å². The fourth-order valence-corrected chi connectivity index (χ4v) is 4.35. The molecule has 1 N–H and O–H groups in total. The number of imide groups is 1. The van der Waals surface area contributed by atoms with Crippen LogP contribution in [0.3, 0.4) is 0 Å². The number of piperidine rings is 1. The fraction of sp³-hybridized carbons (Fsp3) is 0.833. The van der Waals surface area contributed by atoms with E-state index in [4.69, 9.17) is 0 Å². The van der Waals surface area contributed by atoms with Gasteiger partial charge < -0.3 is 0 Å². The first-order valence-electron chi connectivity index (χ1n) is 6.09. The van der Waals surface area contributed by atoms with Crippen molar-refractivity contribution in [1.29, 1.82) is 0 Å². The summed E-state index contributed by atoms with van der Waals surface area (Å²) in [5.41, 5.74) is -0.0294. The summed E-state index contributed by atoms with van der Waals surface area (Å²) in [5.74, 6) is 2.12. The number of carbonyl (C=O) groups excluding carboxylic acids is 2. The topological polar surface area (TPSA) is 46.2 Å². The Morgan fingerprint density at radius 3 is 2.94 bits per heavy atom. The Labute approximate surface area is 101 Å². The van der Waals surface area contributed by atoms with Gasteiger partial charge in [0.15, 0.2) is 0 Å². The highest BCUT2D eigenvalue weighted by atomic mass is 32.2. The smallest absolute Gasteiger partial charge is 0.230 e. The van der Waals surface area contributed by atoms with Crippen LogP contribution in [0.1, 0.15) is 39.0 Å². The lowest BCUT2D eigenvalue weighted by Gasteiger charge is -2.44. The molecular weight excluding hydrogens is 222 g/mol. The molecule has 90 valence electrons. The van der Waals surface area contributed by atoms with Crippen LogP contribution >= 0.6 is 11.8 Å². The van der Waals surface area contributed by atoms with Gasteiger partial charge in [0.1, 0.15) is 0 Å². The number of thioether (sulfide) groups is 1. The highest BCUT2D eigenvalue weighted by molar-refractivity contribution is 7.99. The van der Waals surface area contributed by atoms with E-state index in [-0.39, 0.29) is 23.1 Å². The Balaban J connectivity index is 2.21. The summed E-state index contributed by atoms with van der Waals surface area (Å²) in [7, 11) is 0. The molecule has 0 aromatic rings. The van der Waals surface area contributed by atoms with Crippen LogP contribution in [0.5, 0.6) is 0 Å². The predicted octanol–water partition coefficient (Wildman–Crippen LogP) is 1.96. The first kappa shape index (κ1) is 12.0. The first-order valence-corrected chi connectivity index (χ1v) is 7.25. The van der Waals surface area contributed by atoms with E-state index in [2.05, 4.69) is 12.2 Å². The van der Waals surface area contributed by atoms with E-state index in [1.165, 1.54) is 5.75 Å². The number of rotatable bonds is 2. The minimum absolute atomic E-state index is 0.0272. The molecular formula is C12H19NO2S. The molecule has 0 radical (unpaired) electrons. The van der Waals surface area contributed by atoms with Gasteiger partial charge in [0.25, 0.3) is 0 Å². The maximum Gasteiger partial charge on any atom is 0.230 e. The molecule has 3 nitrogen and oxygen atoms in total. The summed E-state index contributed by atoms with van der Waals surface area (Å²) in [6, 6.07) is 0. The largest absolute Gasteiger partial charge is 0.296 e. The van der Waals surface area contributed by atoms with Crippen molar-refractivity contribution in [2.45, 2.75) is 39.0 Å². The summed E-state index contributed by atoms with van der Waals surface area (Å²) in [6.07, 6.45) is 4.67. The average molecular weight is 241 g/mol. The second-order valence-electron chi connectivity index (χ2n) is 4.95. The third kappa shape index (κ3) is 2.12. The van der Waals surface area contributed by atoms with Crippen LogP contribution in [-0.4, -0.2) is 23.3 Å². The normalized spacial score (nSPS) is 35.2. The van der Waals surface area contributed by atoms with Gasteiger partial charge in [-0.15, -0.1) is 0 Å². The number of hydrogen-bond acceptors (Lipinski definition) is 3. The summed E-state index contributed by atoms with van der Waals surface area (Å²) in [6.45, 7) is 2.10. The number of amides is 2. The third-order valence-corrected chi connectivity index (χ3v) is 5.12. The van der Waals surface area contributed by atoms with Crippen molar-refractivity contribution < 1.29 is 9.59 Å². The quantitative estimate of drug-likeness (QED) is 0.752. The Morgan fingerprint density at radius 2 is 2.31 bits per heavy atom. The minimum atomic E-state index is -0.0696. The van der Waals surface area contributed by atoms with Crippen molar-refractivity contribution in [3.63, 3.8) is 0 Å². The molecule has 0 aliphatic carbocycles. The molecule has 2 aliphatic rings. The maximum absolute atomic E-state index is 11.9. The Morgan fingerprint density at radius 1 is 1.50 bits per heavy atom. The monoisotopic (exact) mass is 241 g/mol. The van der Waals surface area contributed by atoms with Crippen LogP contribution in [0, 0.1) is 11.3 Å². The summed E-state index contributed by atoms with van der Waals surface area (Å²) < 4.78 is 0. The first-order chi connectivity index (χ1) is 7.68. The van der Waals surface area contributed by atoms with Gasteiger partial charge in [0, 0.05) is 18.1 Å². The van der Waals surface area contributed by atoms with Crippen LogP contribution in [0.2, 0.25) is 0 Å². The zero-order chi connectivity index (χ0) is 11.6. The zero-order valence-electron chi connectivity index (χ0n) is 9.75. The van der Waals surface area contributed by atoms with E-state index in [1.807, 2.05) is 11.8 Å². The average Bonchev–Trinajstić information content (AvgIpc) is 2.25. The highest BCUT2D eigenvalue weighted by Gasteiger charge is 2.48. The van der Waals surface area contributed by atoms with Crippen molar-refractivity contribution in [2.75, 3.05) is 11.5 Å². The predicted molar refractivity (Wildman–Crippen MR) is 65.2 cm³/mol. The van der Waals surface area contributed by atoms with Crippen LogP contribution in [0.25, 0.3) is 0 Å². The lowest BCUT2D eigenvalue weighted by molar-refractivity contribution is -0.143. The van der Waals surface area contributed by atoms with Gasteiger partial charge >= 0.3 is 0 Å². The highest BCUT2D eigenvalue weighted by Crippen LogP contribution is 2.47. The van der Waals surface area contributed by atoms with E-state index < -0.39 is 0 Å². The summed E-state index contributed by atoms with van der Waals surface area (Å²) in [5, 5.41) is 2.50. The van der Waals surface area contributed by atoms with Crippen LogP contribution in [0.15, 0.2) is 0 Å². The number of hydrogen-bond donors (Lipinski definition) is 1. The molecule has 2 unspecified atom stereocenters. The fourth-order valence-electron chi connectivity index (χ4n) is 3.00. The molecule has 16 heavy (non-hydrogen) atoms. The molecule has 2 heterocycles. The number of carbonyl (C=O) groups is 2. The number of nitrogens with one attached hydrogen (secondary N) is 1. The molecule has 1 spiro atoms. The zero-order valence-corrected chi connectivity index (χ0v) is 10.6. The Kier molecular flexibility index (Phi) is 3.57. The maximum atomic E-state index is 11.9. The van der Waals surface area contributed by atoms with Gasteiger partial charge in [-0.25, -0.2) is 0 Å². The SMILES string of the molecule is CCCC1C(=O)NC(=O)CC12CCCSC2. The molecule has 4 heteroatoms. The molecule has 0 aromatic carbocycles. The van der Waals surface area contributed by atoms with Gasteiger partial charge in [-0.1, -0.05) is 13.3 Å².